The van der Waals surface area contributed by atoms with Crippen LogP contribution in [0.5, 0.6) is 11.5 Å². The third kappa shape index (κ3) is 4.34. The minimum atomic E-state index is -0.383. The second kappa shape index (κ2) is 8.44. The average molecular weight is 441 g/mol. The van der Waals surface area contributed by atoms with Crippen molar-refractivity contribution < 1.29 is 14.6 Å². The molecule has 0 unspecified atom stereocenters. The summed E-state index contributed by atoms with van der Waals surface area (Å²) in [7, 11) is 0. The van der Waals surface area contributed by atoms with E-state index in [0.29, 0.717) is 17.0 Å². The Labute approximate surface area is 172 Å². The number of hydrogen-bond acceptors (Lipinski definition) is 4. The number of phenolic OH excluding ortho intramolecular Hbond substituents is 1. The van der Waals surface area contributed by atoms with E-state index in [1.165, 1.54) is 0 Å². The maximum atomic E-state index is 12.1. The van der Waals surface area contributed by atoms with Gasteiger partial charge in [0.25, 0.3) is 5.91 Å². The Balaban J connectivity index is 1.68. The first-order chi connectivity index (χ1) is 13.4. The predicted molar refractivity (Wildman–Crippen MR) is 115 cm³/mol. The number of amides is 1. The second-order valence-corrected chi connectivity index (χ2v) is 7.45. The molecule has 3 aromatic carbocycles. The third-order valence-corrected chi connectivity index (χ3v) is 4.95. The van der Waals surface area contributed by atoms with E-state index in [2.05, 4.69) is 26.5 Å². The van der Waals surface area contributed by atoms with E-state index in [1.807, 2.05) is 56.3 Å². The molecular weight excluding hydrogens is 420 g/mol. The minimum absolute atomic E-state index is 0.143. The molecule has 0 saturated carbocycles. The molecule has 0 radical (unpaired) electrons. The van der Waals surface area contributed by atoms with Gasteiger partial charge in [0, 0.05) is 10.9 Å². The van der Waals surface area contributed by atoms with Crippen LogP contribution in [0.2, 0.25) is 0 Å². The Morgan fingerprint density at radius 2 is 1.93 bits per heavy atom. The SMILES string of the molecule is C/C(=N/NC(=O)COc1c(C)cc(C)cc1Br)c1ccc2ccccc2c1O. The van der Waals surface area contributed by atoms with Crippen molar-refractivity contribution in [2.75, 3.05) is 6.61 Å². The maximum absolute atomic E-state index is 12.1. The first-order valence-electron chi connectivity index (χ1n) is 8.80. The van der Waals surface area contributed by atoms with Crippen LogP contribution >= 0.6 is 15.9 Å². The lowest BCUT2D eigenvalue weighted by Crippen LogP contribution is -2.25. The number of rotatable bonds is 5. The normalized spacial score (nSPS) is 11.5. The van der Waals surface area contributed by atoms with E-state index in [1.54, 1.807) is 13.0 Å². The van der Waals surface area contributed by atoms with Crippen molar-refractivity contribution >= 4 is 38.3 Å². The highest BCUT2D eigenvalue weighted by molar-refractivity contribution is 9.10. The van der Waals surface area contributed by atoms with Crippen LogP contribution in [-0.2, 0) is 4.79 Å². The monoisotopic (exact) mass is 440 g/mol. The highest BCUT2D eigenvalue weighted by Gasteiger charge is 2.11. The van der Waals surface area contributed by atoms with Crippen LogP contribution in [0.15, 0.2) is 58.1 Å². The van der Waals surface area contributed by atoms with Crippen molar-refractivity contribution in [2.24, 2.45) is 5.10 Å². The lowest BCUT2D eigenvalue weighted by molar-refractivity contribution is -0.123. The summed E-state index contributed by atoms with van der Waals surface area (Å²) < 4.78 is 6.43. The van der Waals surface area contributed by atoms with Crippen molar-refractivity contribution in [1.29, 1.82) is 0 Å². The molecule has 0 aliphatic heterocycles. The van der Waals surface area contributed by atoms with Gasteiger partial charge in [0.15, 0.2) is 6.61 Å². The molecule has 0 heterocycles. The molecule has 3 aromatic rings. The highest BCUT2D eigenvalue weighted by atomic mass is 79.9. The number of halogens is 1. The molecule has 1 amide bonds. The number of aromatic hydroxyl groups is 1. The summed E-state index contributed by atoms with van der Waals surface area (Å²) in [6, 6.07) is 15.2. The lowest BCUT2D eigenvalue weighted by atomic mass is 10.0. The number of carbonyl (C=O) groups is 1. The van der Waals surface area contributed by atoms with Gasteiger partial charge in [0.2, 0.25) is 0 Å². The van der Waals surface area contributed by atoms with Crippen molar-refractivity contribution in [3.05, 3.63) is 69.7 Å². The second-order valence-electron chi connectivity index (χ2n) is 6.60. The zero-order valence-electron chi connectivity index (χ0n) is 15.9. The molecule has 0 bridgehead atoms. The summed E-state index contributed by atoms with van der Waals surface area (Å²) >= 11 is 3.46. The number of phenols is 1. The summed E-state index contributed by atoms with van der Waals surface area (Å²) in [5.41, 5.74) is 5.60. The zero-order valence-corrected chi connectivity index (χ0v) is 17.5. The fourth-order valence-corrected chi connectivity index (χ4v) is 3.80. The fourth-order valence-electron chi connectivity index (χ4n) is 3.01. The predicted octanol–water partition coefficient (Wildman–Crippen LogP) is 4.84. The number of hydrogen-bond donors (Lipinski definition) is 2. The van der Waals surface area contributed by atoms with Gasteiger partial charge < -0.3 is 9.84 Å². The van der Waals surface area contributed by atoms with Crippen LogP contribution in [0.4, 0.5) is 0 Å². The van der Waals surface area contributed by atoms with E-state index in [9.17, 15) is 9.90 Å². The van der Waals surface area contributed by atoms with E-state index in [-0.39, 0.29) is 18.3 Å². The van der Waals surface area contributed by atoms with Crippen LogP contribution in [-0.4, -0.2) is 23.3 Å². The van der Waals surface area contributed by atoms with Gasteiger partial charge in [0.05, 0.1) is 10.2 Å². The molecule has 144 valence electrons. The van der Waals surface area contributed by atoms with Gasteiger partial charge in [-0.05, 0) is 65.3 Å². The number of carbonyl (C=O) groups excluding carboxylic acids is 1. The van der Waals surface area contributed by atoms with Crippen molar-refractivity contribution in [1.82, 2.24) is 5.43 Å². The Morgan fingerprint density at radius 1 is 1.18 bits per heavy atom. The van der Waals surface area contributed by atoms with Gasteiger partial charge in [-0.2, -0.15) is 5.10 Å². The molecule has 0 spiro atoms. The largest absolute Gasteiger partial charge is 0.507 e. The smallest absolute Gasteiger partial charge is 0.277 e. The van der Waals surface area contributed by atoms with Gasteiger partial charge >= 0.3 is 0 Å². The average Bonchev–Trinajstić information content (AvgIpc) is 2.65. The lowest BCUT2D eigenvalue weighted by Gasteiger charge is -2.12. The first kappa shape index (κ1) is 19.9. The topological polar surface area (TPSA) is 70.9 Å². The van der Waals surface area contributed by atoms with Crippen LogP contribution in [0, 0.1) is 13.8 Å². The molecule has 0 fully saturated rings. The number of nitrogens with zero attached hydrogens (tertiary/aromatic N) is 1. The number of aryl methyl sites for hydroxylation is 2. The molecular formula is C22H21BrN2O3. The van der Waals surface area contributed by atoms with Crippen LogP contribution < -0.4 is 10.2 Å². The molecule has 0 aliphatic rings. The first-order valence-corrected chi connectivity index (χ1v) is 9.60. The van der Waals surface area contributed by atoms with Crippen molar-refractivity contribution in [3.8, 4) is 11.5 Å². The van der Waals surface area contributed by atoms with E-state index >= 15 is 0 Å². The summed E-state index contributed by atoms with van der Waals surface area (Å²) in [5.74, 6) is 0.393. The maximum Gasteiger partial charge on any atom is 0.277 e. The standard InChI is InChI=1S/C22H21BrN2O3/c1-13-10-14(2)22(19(23)11-13)28-12-20(26)25-24-15(3)17-9-8-16-6-4-5-7-18(16)21(17)27/h4-11,27H,12H2,1-3H3,(H,25,26)/b24-15-. The number of benzene rings is 3. The summed E-state index contributed by atoms with van der Waals surface area (Å²) in [6.45, 7) is 5.48. The Morgan fingerprint density at radius 3 is 2.68 bits per heavy atom. The molecule has 28 heavy (non-hydrogen) atoms. The Hall–Kier alpha value is -2.86. The quantitative estimate of drug-likeness (QED) is 0.440. The van der Waals surface area contributed by atoms with Crippen LogP contribution in [0.1, 0.15) is 23.6 Å². The molecule has 3 rings (SSSR count). The third-order valence-electron chi connectivity index (χ3n) is 4.36. The molecule has 0 aromatic heterocycles. The van der Waals surface area contributed by atoms with Gasteiger partial charge in [-0.3, -0.25) is 4.79 Å². The molecule has 5 nitrogen and oxygen atoms in total. The molecule has 6 heteroatoms. The summed E-state index contributed by atoms with van der Waals surface area (Å²) in [4.78, 5) is 12.1. The van der Waals surface area contributed by atoms with Crippen molar-refractivity contribution in [3.63, 3.8) is 0 Å². The molecule has 0 atom stereocenters. The number of ether oxygens (including phenoxy) is 1. The molecule has 0 saturated heterocycles. The van der Waals surface area contributed by atoms with Gasteiger partial charge in [-0.25, -0.2) is 5.43 Å². The zero-order chi connectivity index (χ0) is 20.3. The number of hydrazone groups is 1. The molecule has 0 aliphatic carbocycles. The summed E-state index contributed by atoms with van der Waals surface area (Å²) in [6.07, 6.45) is 0. The van der Waals surface area contributed by atoms with Crippen LogP contribution in [0.25, 0.3) is 10.8 Å². The highest BCUT2D eigenvalue weighted by Crippen LogP contribution is 2.30. The van der Waals surface area contributed by atoms with Gasteiger partial charge in [-0.1, -0.05) is 36.4 Å². The van der Waals surface area contributed by atoms with E-state index in [0.717, 1.165) is 26.4 Å². The Kier molecular flexibility index (Phi) is 5.99. The van der Waals surface area contributed by atoms with Gasteiger partial charge in [0.1, 0.15) is 11.5 Å². The van der Waals surface area contributed by atoms with E-state index < -0.39 is 0 Å². The van der Waals surface area contributed by atoms with Crippen LogP contribution in [0.3, 0.4) is 0 Å². The fraction of sp³-hybridized carbons (Fsp3) is 0.182. The number of nitrogens with one attached hydrogen (secondary N) is 1. The Bertz CT molecular complexity index is 1050. The van der Waals surface area contributed by atoms with Gasteiger partial charge in [-0.15, -0.1) is 0 Å². The number of fused-ring (bicyclic) bond motifs is 1. The van der Waals surface area contributed by atoms with Crippen molar-refractivity contribution in [2.45, 2.75) is 20.8 Å². The summed E-state index contributed by atoms with van der Waals surface area (Å²) in [5, 5.41) is 16.3. The van der Waals surface area contributed by atoms with E-state index in [4.69, 9.17) is 4.74 Å². The minimum Gasteiger partial charge on any atom is -0.507 e. The molecule has 2 N–H and O–H groups in total.